The molecule has 5 N–H and O–H groups in total. The van der Waals surface area contributed by atoms with Crippen LogP contribution in [0, 0.1) is 0 Å². The second-order valence-corrected chi connectivity index (χ2v) is 7.99. The third kappa shape index (κ3) is 13.2. The van der Waals surface area contributed by atoms with Gasteiger partial charge in [-0.3, -0.25) is 38.8 Å². The average molecular weight is 462 g/mol. The molecule has 0 aromatic heterocycles. The van der Waals surface area contributed by atoms with Crippen molar-refractivity contribution < 1.29 is 39.6 Å². The Bertz CT molecular complexity index is 635. The van der Waals surface area contributed by atoms with E-state index in [9.17, 15) is 39.6 Å². The normalized spacial score (nSPS) is 22.0. The van der Waals surface area contributed by atoms with Gasteiger partial charge in [-0.25, -0.2) is 0 Å². The van der Waals surface area contributed by atoms with Crippen molar-refractivity contribution in [2.24, 2.45) is 0 Å². The van der Waals surface area contributed by atoms with Crippen molar-refractivity contribution >= 4 is 23.9 Å². The molecule has 0 radical (unpaired) electrons. The molecular weight excluding hydrogens is 426 g/mol. The Hall–Kier alpha value is -2.32. The van der Waals surface area contributed by atoms with Crippen LogP contribution in [0.3, 0.4) is 0 Å². The predicted molar refractivity (Wildman–Crippen MR) is 114 cm³/mol. The number of hydrogen-bond acceptors (Lipinski definition) is 9. The molecule has 1 rings (SSSR count). The molecule has 0 saturated carbocycles. The highest BCUT2D eigenvalue weighted by molar-refractivity contribution is 5.70. The first-order valence-corrected chi connectivity index (χ1v) is 10.5. The number of carbonyl (C=O) groups is 4. The lowest BCUT2D eigenvalue weighted by Crippen LogP contribution is -2.47. The Morgan fingerprint density at radius 2 is 0.938 bits per heavy atom. The summed E-state index contributed by atoms with van der Waals surface area (Å²) in [5.74, 6) is -4.03. The molecule has 0 aromatic carbocycles. The summed E-state index contributed by atoms with van der Waals surface area (Å²) in [6.07, 6.45) is 0. The molecule has 0 aromatic rings. The second-order valence-electron chi connectivity index (χ2n) is 7.99. The van der Waals surface area contributed by atoms with E-state index in [1.54, 1.807) is 19.6 Å². The van der Waals surface area contributed by atoms with Crippen LogP contribution >= 0.6 is 0 Å². The summed E-state index contributed by atoms with van der Waals surface area (Å²) in [6.45, 7) is 4.27. The van der Waals surface area contributed by atoms with Gasteiger partial charge in [0.25, 0.3) is 0 Å². The van der Waals surface area contributed by atoms with E-state index in [0.29, 0.717) is 45.8 Å². The number of rotatable bonds is 8. The quantitative estimate of drug-likeness (QED) is 0.257. The van der Waals surface area contributed by atoms with E-state index in [2.05, 4.69) is 5.32 Å². The molecule has 32 heavy (non-hydrogen) atoms. The van der Waals surface area contributed by atoms with Crippen molar-refractivity contribution in [3.63, 3.8) is 0 Å². The summed E-state index contributed by atoms with van der Waals surface area (Å²) in [5, 5.41) is 40.1. The molecule has 0 aliphatic carbocycles. The average Bonchev–Trinajstić information content (AvgIpc) is 2.65. The van der Waals surface area contributed by atoms with Crippen molar-refractivity contribution in [3.8, 4) is 0 Å². The van der Waals surface area contributed by atoms with Crippen molar-refractivity contribution in [2.45, 2.75) is 13.0 Å². The van der Waals surface area contributed by atoms with E-state index < -0.39 is 23.9 Å². The fourth-order valence-corrected chi connectivity index (χ4v) is 3.58. The second kappa shape index (κ2) is 14.7. The zero-order valence-electron chi connectivity index (χ0n) is 18.5. The fourth-order valence-electron chi connectivity index (χ4n) is 3.58. The van der Waals surface area contributed by atoms with Crippen LogP contribution in [-0.4, -0.2) is 155 Å². The van der Waals surface area contributed by atoms with E-state index in [1.807, 2.05) is 6.92 Å². The Morgan fingerprint density at radius 3 is 1.31 bits per heavy atom. The first kappa shape index (κ1) is 27.7. The smallest absolute Gasteiger partial charge is 0.317 e. The molecule has 184 valence electrons. The highest BCUT2D eigenvalue weighted by Crippen LogP contribution is 2.00. The fraction of sp³-hybridized carbons (Fsp3) is 0.789. The van der Waals surface area contributed by atoms with Gasteiger partial charge in [-0.15, -0.1) is 0 Å². The van der Waals surface area contributed by atoms with Crippen LogP contribution < -0.4 is 5.32 Å². The monoisotopic (exact) mass is 461 g/mol. The van der Waals surface area contributed by atoms with Gasteiger partial charge >= 0.3 is 23.9 Å². The number of aliphatic carboxylic acids is 4. The van der Waals surface area contributed by atoms with Crippen LogP contribution in [0.25, 0.3) is 0 Å². The maximum atomic E-state index is 11.3. The standard InChI is InChI=1S/C19H35N5O8/c1-15-10-24(14-19(31)32)9-8-23(13-18(29)30)7-6-22(12-17(27)28)5-4-21(3-2-20-15)11-16(25)26/h15,20H,2-14H2,1H3,(H,25,26)(H,27,28)(H,29,30)(H,31,32). The molecule has 13 heteroatoms. The largest absolute Gasteiger partial charge is 0.480 e. The van der Waals surface area contributed by atoms with Crippen LogP contribution in [0.1, 0.15) is 6.92 Å². The molecule has 0 bridgehead atoms. The van der Waals surface area contributed by atoms with Gasteiger partial charge in [-0.1, -0.05) is 0 Å². The van der Waals surface area contributed by atoms with Gasteiger partial charge in [0, 0.05) is 64.9 Å². The maximum absolute atomic E-state index is 11.3. The summed E-state index contributed by atoms with van der Waals surface area (Å²) in [6, 6.07) is -0.0670. The molecule has 0 amide bonds. The minimum Gasteiger partial charge on any atom is -0.480 e. The van der Waals surface area contributed by atoms with Crippen LogP contribution in [0.2, 0.25) is 0 Å². The van der Waals surface area contributed by atoms with E-state index in [4.69, 9.17) is 0 Å². The first-order valence-electron chi connectivity index (χ1n) is 10.5. The molecule has 1 fully saturated rings. The molecule has 1 heterocycles. The summed E-state index contributed by atoms with van der Waals surface area (Å²) in [4.78, 5) is 51.7. The van der Waals surface area contributed by atoms with Gasteiger partial charge in [0.2, 0.25) is 0 Å². The zero-order valence-corrected chi connectivity index (χ0v) is 18.5. The molecule has 1 unspecified atom stereocenters. The molecule has 1 aliphatic rings. The van der Waals surface area contributed by atoms with E-state index >= 15 is 0 Å². The molecule has 1 aliphatic heterocycles. The zero-order chi connectivity index (χ0) is 24.1. The van der Waals surface area contributed by atoms with Gasteiger partial charge in [0.1, 0.15) is 0 Å². The lowest BCUT2D eigenvalue weighted by molar-refractivity contribution is -0.140. The van der Waals surface area contributed by atoms with Gasteiger partial charge in [0.05, 0.1) is 26.2 Å². The van der Waals surface area contributed by atoms with Crippen LogP contribution in [0.4, 0.5) is 0 Å². The molecule has 1 atom stereocenters. The minimum atomic E-state index is -1.03. The third-order valence-corrected chi connectivity index (χ3v) is 5.09. The third-order valence-electron chi connectivity index (χ3n) is 5.09. The van der Waals surface area contributed by atoms with Crippen molar-refractivity contribution in [1.29, 1.82) is 0 Å². The first-order chi connectivity index (χ1) is 15.0. The summed E-state index contributed by atoms with van der Waals surface area (Å²) in [7, 11) is 0. The van der Waals surface area contributed by atoms with Crippen LogP contribution in [0.5, 0.6) is 0 Å². The topological polar surface area (TPSA) is 174 Å². The number of carboxylic acid groups (broad SMARTS) is 4. The van der Waals surface area contributed by atoms with Crippen LogP contribution in [0.15, 0.2) is 0 Å². The summed E-state index contributed by atoms with van der Waals surface area (Å²) < 4.78 is 0. The highest BCUT2D eigenvalue weighted by atomic mass is 16.4. The van der Waals surface area contributed by atoms with Crippen LogP contribution in [-0.2, 0) is 19.2 Å². The minimum absolute atomic E-state index is 0.0670. The Balaban J connectivity index is 3.00. The van der Waals surface area contributed by atoms with E-state index in [0.717, 1.165) is 0 Å². The van der Waals surface area contributed by atoms with E-state index in [1.165, 1.54) is 0 Å². The summed E-state index contributed by atoms with van der Waals surface area (Å²) in [5.41, 5.74) is 0. The molecule has 1 saturated heterocycles. The highest BCUT2D eigenvalue weighted by Gasteiger charge is 2.20. The van der Waals surface area contributed by atoms with Crippen molar-refractivity contribution in [3.05, 3.63) is 0 Å². The predicted octanol–water partition coefficient (Wildman–Crippen LogP) is -2.48. The molecular formula is C19H35N5O8. The van der Waals surface area contributed by atoms with Crippen molar-refractivity contribution in [2.75, 3.05) is 85.1 Å². The van der Waals surface area contributed by atoms with Crippen molar-refractivity contribution in [1.82, 2.24) is 24.9 Å². The molecule has 0 spiro atoms. The lowest BCUT2D eigenvalue weighted by atomic mass is 10.3. The van der Waals surface area contributed by atoms with Gasteiger partial charge in [-0.2, -0.15) is 0 Å². The Labute approximate surface area is 187 Å². The SMILES string of the molecule is CC1CN(CC(=O)O)CCN(CC(=O)O)CCN(CC(=O)O)CCN(CC(=O)O)CCN1. The number of nitrogens with zero attached hydrogens (tertiary/aromatic N) is 4. The van der Waals surface area contributed by atoms with E-state index in [-0.39, 0.29) is 45.3 Å². The Kier molecular flexibility index (Phi) is 12.7. The summed E-state index contributed by atoms with van der Waals surface area (Å²) >= 11 is 0. The van der Waals surface area contributed by atoms with Gasteiger partial charge in [0.15, 0.2) is 0 Å². The van der Waals surface area contributed by atoms with Gasteiger partial charge < -0.3 is 25.7 Å². The number of nitrogens with one attached hydrogen (secondary N) is 1. The molecule has 13 nitrogen and oxygen atoms in total. The number of hydrogen-bond donors (Lipinski definition) is 5. The maximum Gasteiger partial charge on any atom is 0.317 e. The van der Waals surface area contributed by atoms with Gasteiger partial charge in [-0.05, 0) is 6.92 Å². The Morgan fingerprint density at radius 1 is 0.625 bits per heavy atom. The number of carboxylic acids is 4. The lowest BCUT2D eigenvalue weighted by Gasteiger charge is -2.29.